The molecule has 0 spiro atoms. The Morgan fingerprint density at radius 1 is 1.60 bits per heavy atom. The van der Waals surface area contributed by atoms with Crippen molar-refractivity contribution < 1.29 is 4.79 Å². The fourth-order valence-corrected chi connectivity index (χ4v) is 2.84. The summed E-state index contributed by atoms with van der Waals surface area (Å²) in [6, 6.07) is 2.27. The molecule has 0 aliphatic heterocycles. The zero-order valence-electron chi connectivity index (χ0n) is 8.82. The summed E-state index contributed by atoms with van der Waals surface area (Å²) in [6.45, 7) is 1.96. The number of thiophene rings is 1. The van der Waals surface area contributed by atoms with Crippen LogP contribution >= 0.6 is 11.3 Å². The van der Waals surface area contributed by atoms with Crippen molar-refractivity contribution in [3.63, 3.8) is 0 Å². The number of nitrogens with one attached hydrogen (secondary N) is 1. The second-order valence-corrected chi connectivity index (χ2v) is 5.02. The Hall–Kier alpha value is -0.870. The number of hydrogen-bond acceptors (Lipinski definition) is 3. The fourth-order valence-electron chi connectivity index (χ4n) is 2.01. The van der Waals surface area contributed by atoms with Crippen molar-refractivity contribution in [3.05, 3.63) is 21.9 Å². The third-order valence-corrected chi connectivity index (χ3v) is 3.97. The molecule has 0 saturated heterocycles. The number of hydrogen-bond donors (Lipinski definition) is 2. The van der Waals surface area contributed by atoms with Gasteiger partial charge in [-0.3, -0.25) is 4.79 Å². The van der Waals surface area contributed by atoms with Gasteiger partial charge in [0.25, 0.3) is 5.91 Å². The van der Waals surface area contributed by atoms with E-state index in [1.54, 1.807) is 0 Å². The van der Waals surface area contributed by atoms with Gasteiger partial charge >= 0.3 is 0 Å². The van der Waals surface area contributed by atoms with Crippen LogP contribution in [0, 0.1) is 6.92 Å². The summed E-state index contributed by atoms with van der Waals surface area (Å²) >= 11 is 1.49. The molecule has 1 saturated carbocycles. The van der Waals surface area contributed by atoms with Gasteiger partial charge < -0.3 is 11.1 Å². The molecule has 2 atom stereocenters. The Kier molecular flexibility index (Phi) is 3.07. The fraction of sp³-hybridized carbons (Fsp3) is 0.545. The van der Waals surface area contributed by atoms with Gasteiger partial charge in [0.2, 0.25) is 0 Å². The summed E-state index contributed by atoms with van der Waals surface area (Å²) in [6.07, 6.45) is 3.15. The first-order valence-electron chi connectivity index (χ1n) is 5.29. The molecule has 2 unspecified atom stereocenters. The van der Waals surface area contributed by atoms with Crippen LogP contribution in [0.25, 0.3) is 0 Å². The molecule has 82 valence electrons. The van der Waals surface area contributed by atoms with E-state index in [0.29, 0.717) is 0 Å². The summed E-state index contributed by atoms with van der Waals surface area (Å²) < 4.78 is 0. The van der Waals surface area contributed by atoms with Gasteiger partial charge in [-0.1, -0.05) is 0 Å². The molecule has 0 bridgehead atoms. The molecule has 1 aromatic heterocycles. The van der Waals surface area contributed by atoms with Crippen LogP contribution in [0.3, 0.4) is 0 Å². The van der Waals surface area contributed by atoms with E-state index in [9.17, 15) is 4.79 Å². The highest BCUT2D eigenvalue weighted by Crippen LogP contribution is 2.20. The van der Waals surface area contributed by atoms with Gasteiger partial charge in [-0.15, -0.1) is 11.3 Å². The van der Waals surface area contributed by atoms with Crippen molar-refractivity contribution in [1.82, 2.24) is 5.32 Å². The first-order valence-corrected chi connectivity index (χ1v) is 6.17. The maximum Gasteiger partial charge on any atom is 0.261 e. The second kappa shape index (κ2) is 4.33. The van der Waals surface area contributed by atoms with Crippen molar-refractivity contribution in [2.24, 2.45) is 5.73 Å². The van der Waals surface area contributed by atoms with E-state index in [1.165, 1.54) is 11.3 Å². The van der Waals surface area contributed by atoms with Crippen molar-refractivity contribution in [2.75, 3.05) is 0 Å². The molecule has 1 heterocycles. The standard InChI is InChI=1S/C11H16N2OS/c1-7-5-6-15-10(7)11(14)13-9-4-2-3-8(9)12/h5-6,8-9H,2-4,12H2,1H3,(H,13,14). The quantitative estimate of drug-likeness (QED) is 0.803. The zero-order chi connectivity index (χ0) is 10.8. The SMILES string of the molecule is Cc1ccsc1C(=O)NC1CCCC1N. The van der Waals surface area contributed by atoms with Crippen LogP contribution in [0.2, 0.25) is 0 Å². The number of aryl methyl sites for hydroxylation is 1. The first kappa shape index (κ1) is 10.6. The molecule has 0 aromatic carbocycles. The van der Waals surface area contributed by atoms with Gasteiger partial charge in [-0.05, 0) is 43.2 Å². The molecule has 4 heteroatoms. The third kappa shape index (κ3) is 2.21. The van der Waals surface area contributed by atoms with Crippen LogP contribution in [0.5, 0.6) is 0 Å². The minimum absolute atomic E-state index is 0.0323. The smallest absolute Gasteiger partial charge is 0.261 e. The van der Waals surface area contributed by atoms with E-state index in [4.69, 9.17) is 5.73 Å². The molecule has 2 rings (SSSR count). The molecule has 1 amide bonds. The normalized spacial score (nSPS) is 25.5. The highest BCUT2D eigenvalue weighted by Gasteiger charge is 2.26. The predicted molar refractivity (Wildman–Crippen MR) is 62.1 cm³/mol. The summed E-state index contributed by atoms with van der Waals surface area (Å²) in [4.78, 5) is 12.7. The summed E-state index contributed by atoms with van der Waals surface area (Å²) in [5.41, 5.74) is 6.95. The highest BCUT2D eigenvalue weighted by atomic mass is 32.1. The monoisotopic (exact) mass is 224 g/mol. The van der Waals surface area contributed by atoms with Gasteiger partial charge in [0.15, 0.2) is 0 Å². The average molecular weight is 224 g/mol. The summed E-state index contributed by atoms with van der Waals surface area (Å²) in [7, 11) is 0. The summed E-state index contributed by atoms with van der Waals surface area (Å²) in [5, 5.41) is 4.96. The summed E-state index contributed by atoms with van der Waals surface area (Å²) in [5.74, 6) is 0.0323. The van der Waals surface area contributed by atoms with Crippen LogP contribution in [-0.2, 0) is 0 Å². The lowest BCUT2D eigenvalue weighted by Gasteiger charge is -2.16. The number of amides is 1. The highest BCUT2D eigenvalue weighted by molar-refractivity contribution is 7.12. The van der Waals surface area contributed by atoms with E-state index in [-0.39, 0.29) is 18.0 Å². The lowest BCUT2D eigenvalue weighted by molar-refractivity contribution is 0.0938. The number of carbonyl (C=O) groups is 1. The van der Waals surface area contributed by atoms with Crippen molar-refractivity contribution in [3.8, 4) is 0 Å². The van der Waals surface area contributed by atoms with Crippen molar-refractivity contribution in [2.45, 2.75) is 38.3 Å². The van der Waals surface area contributed by atoms with Crippen LogP contribution in [0.1, 0.15) is 34.5 Å². The number of rotatable bonds is 2. The molecule has 1 aliphatic rings. The largest absolute Gasteiger partial charge is 0.347 e. The Morgan fingerprint density at radius 2 is 2.40 bits per heavy atom. The van der Waals surface area contributed by atoms with Gasteiger partial charge in [0, 0.05) is 12.1 Å². The minimum atomic E-state index is 0.0323. The predicted octanol–water partition coefficient (Wildman–Crippen LogP) is 1.67. The average Bonchev–Trinajstić information content (AvgIpc) is 2.76. The maximum absolute atomic E-state index is 11.9. The lowest BCUT2D eigenvalue weighted by Crippen LogP contribution is -2.43. The molecular weight excluding hydrogens is 208 g/mol. The van der Waals surface area contributed by atoms with Gasteiger partial charge in [0.05, 0.1) is 4.88 Å². The molecule has 1 fully saturated rings. The maximum atomic E-state index is 11.9. The topological polar surface area (TPSA) is 55.1 Å². The van der Waals surface area contributed by atoms with Gasteiger partial charge in [-0.2, -0.15) is 0 Å². The van der Waals surface area contributed by atoms with E-state index in [0.717, 1.165) is 29.7 Å². The van der Waals surface area contributed by atoms with Crippen molar-refractivity contribution >= 4 is 17.2 Å². The van der Waals surface area contributed by atoms with E-state index in [1.807, 2.05) is 18.4 Å². The number of carbonyl (C=O) groups excluding carboxylic acids is 1. The van der Waals surface area contributed by atoms with E-state index >= 15 is 0 Å². The molecule has 3 nitrogen and oxygen atoms in total. The van der Waals surface area contributed by atoms with Crippen LogP contribution in [0.15, 0.2) is 11.4 Å². The van der Waals surface area contributed by atoms with Crippen LogP contribution in [0.4, 0.5) is 0 Å². The molecule has 3 N–H and O–H groups in total. The van der Waals surface area contributed by atoms with Crippen LogP contribution < -0.4 is 11.1 Å². The Labute approximate surface area is 93.7 Å². The van der Waals surface area contributed by atoms with Gasteiger partial charge in [-0.25, -0.2) is 0 Å². The van der Waals surface area contributed by atoms with E-state index < -0.39 is 0 Å². The third-order valence-electron chi connectivity index (χ3n) is 2.95. The lowest BCUT2D eigenvalue weighted by atomic mass is 10.2. The first-order chi connectivity index (χ1) is 7.18. The molecule has 1 aliphatic carbocycles. The minimum Gasteiger partial charge on any atom is -0.347 e. The molecule has 1 aromatic rings. The zero-order valence-corrected chi connectivity index (χ0v) is 9.64. The van der Waals surface area contributed by atoms with E-state index in [2.05, 4.69) is 5.32 Å². The second-order valence-electron chi connectivity index (χ2n) is 4.11. The molecular formula is C11H16N2OS. The Bertz CT molecular complexity index is 361. The Morgan fingerprint density at radius 3 is 2.93 bits per heavy atom. The Balaban J connectivity index is 2.01. The van der Waals surface area contributed by atoms with Crippen LogP contribution in [-0.4, -0.2) is 18.0 Å². The molecule has 15 heavy (non-hydrogen) atoms. The molecule has 0 radical (unpaired) electrons. The van der Waals surface area contributed by atoms with Gasteiger partial charge in [0.1, 0.15) is 0 Å². The van der Waals surface area contributed by atoms with Crippen molar-refractivity contribution in [1.29, 1.82) is 0 Å². The number of nitrogens with two attached hydrogens (primary N) is 1.